The molecule has 1 atom stereocenters. The second-order valence-electron chi connectivity index (χ2n) is 8.25. The number of rotatable bonds is 6. The fraction of sp³-hybridized carbons (Fsp3) is 0.478. The van der Waals surface area contributed by atoms with Crippen molar-refractivity contribution in [3.8, 4) is 5.88 Å². The summed E-state index contributed by atoms with van der Waals surface area (Å²) in [6.07, 6.45) is 5.67. The predicted molar refractivity (Wildman–Crippen MR) is 124 cm³/mol. The van der Waals surface area contributed by atoms with Crippen LogP contribution < -0.4 is 15.4 Å². The van der Waals surface area contributed by atoms with Gasteiger partial charge in [-0.1, -0.05) is 6.92 Å². The van der Waals surface area contributed by atoms with Gasteiger partial charge in [0, 0.05) is 36.6 Å². The number of aliphatic hydroxyl groups excluding tert-OH is 1. The summed E-state index contributed by atoms with van der Waals surface area (Å²) in [4.78, 5) is 2.70. The lowest BCUT2D eigenvalue weighted by Gasteiger charge is -2.50. The van der Waals surface area contributed by atoms with Crippen LogP contribution in [0, 0.1) is 0 Å². The van der Waals surface area contributed by atoms with Crippen molar-refractivity contribution in [1.82, 2.24) is 25.7 Å². The Kier molecular flexibility index (Phi) is 6.41. The van der Waals surface area contributed by atoms with Gasteiger partial charge in [0.2, 0.25) is 17.6 Å². The third kappa shape index (κ3) is 4.01. The maximum absolute atomic E-state index is 14.9. The number of ether oxygens (including phenoxy) is 3. The number of aromatic nitrogens is 2. The summed E-state index contributed by atoms with van der Waals surface area (Å²) in [5.41, 5.74) is 2.38. The zero-order valence-electron chi connectivity index (χ0n) is 19.2. The number of allylic oxidation sites excluding steroid dienone is 3. The van der Waals surface area contributed by atoms with Crippen LogP contribution in [-0.4, -0.2) is 52.1 Å². The molecular weight excluding hydrogens is 461 g/mol. The fourth-order valence-electron chi connectivity index (χ4n) is 4.61. The van der Waals surface area contributed by atoms with Crippen LogP contribution in [0.1, 0.15) is 38.3 Å². The van der Waals surface area contributed by atoms with E-state index in [0.717, 1.165) is 29.2 Å². The summed E-state index contributed by atoms with van der Waals surface area (Å²) in [6, 6.07) is 1.96. The Bertz CT molecular complexity index is 1100. The van der Waals surface area contributed by atoms with Gasteiger partial charge >= 0.3 is 0 Å². The van der Waals surface area contributed by atoms with Crippen LogP contribution in [0.25, 0.3) is 0 Å². The Morgan fingerprint density at radius 2 is 2.24 bits per heavy atom. The van der Waals surface area contributed by atoms with Crippen LogP contribution in [0.4, 0.5) is 4.39 Å². The second kappa shape index (κ2) is 9.47. The van der Waals surface area contributed by atoms with Crippen molar-refractivity contribution in [2.45, 2.75) is 49.9 Å². The summed E-state index contributed by atoms with van der Waals surface area (Å²) in [6.45, 7) is 3.36. The SMILES string of the molecule is CCC1=C2C(=CC(O)=C(OC)N2[C@@]2(NCc3cc4c(nn3)OCCS4)CCCCO2)NC=C1F. The number of methoxy groups -OCH3 is 1. The monoisotopic (exact) mass is 489 g/mol. The summed E-state index contributed by atoms with van der Waals surface area (Å²) in [7, 11) is 1.48. The molecule has 34 heavy (non-hydrogen) atoms. The van der Waals surface area contributed by atoms with Crippen LogP contribution in [0.3, 0.4) is 0 Å². The molecule has 0 saturated carbocycles. The molecule has 0 aliphatic carbocycles. The largest absolute Gasteiger partial charge is 0.503 e. The highest BCUT2D eigenvalue weighted by molar-refractivity contribution is 7.99. The molecule has 0 amide bonds. The van der Waals surface area contributed by atoms with Gasteiger partial charge in [-0.25, -0.2) is 4.39 Å². The summed E-state index contributed by atoms with van der Waals surface area (Å²) in [5, 5.41) is 25.8. The number of dihydropyridines is 1. The number of fused-ring (bicyclic) bond motifs is 2. The maximum Gasteiger partial charge on any atom is 0.247 e. The number of halogens is 1. The molecule has 4 aliphatic rings. The van der Waals surface area contributed by atoms with E-state index in [1.807, 2.05) is 13.0 Å². The summed E-state index contributed by atoms with van der Waals surface area (Å²) >= 11 is 1.69. The molecule has 182 valence electrons. The molecule has 1 saturated heterocycles. The van der Waals surface area contributed by atoms with Gasteiger partial charge in [0.05, 0.1) is 42.3 Å². The highest BCUT2D eigenvalue weighted by Gasteiger charge is 2.47. The first-order valence-corrected chi connectivity index (χ1v) is 12.4. The van der Waals surface area contributed by atoms with E-state index >= 15 is 0 Å². The minimum absolute atomic E-state index is 0.0719. The van der Waals surface area contributed by atoms with Crippen molar-refractivity contribution in [3.63, 3.8) is 0 Å². The molecule has 0 unspecified atom stereocenters. The third-order valence-corrected chi connectivity index (χ3v) is 7.15. The molecule has 4 aliphatic heterocycles. The van der Waals surface area contributed by atoms with Gasteiger partial charge in [0.15, 0.2) is 5.76 Å². The minimum Gasteiger partial charge on any atom is -0.503 e. The maximum atomic E-state index is 14.9. The number of hydrogen-bond donors (Lipinski definition) is 3. The first-order valence-electron chi connectivity index (χ1n) is 11.4. The van der Waals surface area contributed by atoms with Crippen LogP contribution in [0.5, 0.6) is 5.88 Å². The number of aliphatic hydroxyl groups is 1. The van der Waals surface area contributed by atoms with Crippen molar-refractivity contribution in [2.75, 3.05) is 26.1 Å². The van der Waals surface area contributed by atoms with E-state index in [4.69, 9.17) is 14.2 Å². The minimum atomic E-state index is -1.09. The molecule has 0 radical (unpaired) electrons. The number of nitrogens with zero attached hydrogens (tertiary/aromatic N) is 3. The Labute approximate surface area is 201 Å². The first-order chi connectivity index (χ1) is 16.6. The molecule has 0 spiro atoms. The van der Waals surface area contributed by atoms with E-state index in [2.05, 4.69) is 20.8 Å². The lowest BCUT2D eigenvalue weighted by atomic mass is 9.97. The van der Waals surface area contributed by atoms with E-state index in [1.165, 1.54) is 13.3 Å². The topological polar surface area (TPSA) is 101 Å². The van der Waals surface area contributed by atoms with E-state index in [1.54, 1.807) is 22.7 Å². The lowest BCUT2D eigenvalue weighted by molar-refractivity contribution is -0.192. The first kappa shape index (κ1) is 23.0. The van der Waals surface area contributed by atoms with Gasteiger partial charge in [0.1, 0.15) is 5.83 Å². The third-order valence-electron chi connectivity index (χ3n) is 6.17. The average Bonchev–Trinajstić information content (AvgIpc) is 2.87. The molecule has 5 rings (SSSR count). The standard InChI is InChI=1S/C23H28FN5O4S/c1-3-15-16(24)13-25-17-11-18(30)22(31-2)29(20(15)17)23(6-4-5-7-33-23)26-12-14-10-19-21(28-27-14)32-8-9-34-19/h10-11,13,25-26,30H,3-9,12H2,1-2H3/t23-/m0/s1. The molecule has 11 heteroatoms. The zero-order chi connectivity index (χ0) is 23.7. The highest BCUT2D eigenvalue weighted by Crippen LogP contribution is 2.43. The molecule has 9 nitrogen and oxygen atoms in total. The molecular formula is C23H28FN5O4S. The smallest absolute Gasteiger partial charge is 0.247 e. The number of nitrogens with one attached hydrogen (secondary N) is 2. The quantitative estimate of drug-likeness (QED) is 0.550. The molecule has 5 heterocycles. The molecule has 1 fully saturated rings. The van der Waals surface area contributed by atoms with Crippen molar-refractivity contribution >= 4 is 11.8 Å². The normalized spacial score (nSPS) is 24.5. The number of hydrogen-bond acceptors (Lipinski definition) is 10. The molecule has 0 aromatic carbocycles. The van der Waals surface area contributed by atoms with Crippen molar-refractivity contribution in [2.24, 2.45) is 0 Å². The molecule has 0 bridgehead atoms. The highest BCUT2D eigenvalue weighted by atomic mass is 32.2. The van der Waals surface area contributed by atoms with E-state index in [-0.39, 0.29) is 17.5 Å². The van der Waals surface area contributed by atoms with Gasteiger partial charge in [-0.3, -0.25) is 10.2 Å². The van der Waals surface area contributed by atoms with E-state index < -0.39 is 5.85 Å². The van der Waals surface area contributed by atoms with Gasteiger partial charge < -0.3 is 24.6 Å². The predicted octanol–water partition coefficient (Wildman–Crippen LogP) is 3.56. The van der Waals surface area contributed by atoms with Crippen LogP contribution >= 0.6 is 11.8 Å². The van der Waals surface area contributed by atoms with Crippen LogP contribution in [0.2, 0.25) is 0 Å². The van der Waals surface area contributed by atoms with Crippen molar-refractivity contribution < 1.29 is 23.7 Å². The van der Waals surface area contributed by atoms with E-state index in [9.17, 15) is 9.50 Å². The van der Waals surface area contributed by atoms with Crippen LogP contribution in [-0.2, 0) is 16.0 Å². The van der Waals surface area contributed by atoms with E-state index in [0.29, 0.717) is 55.4 Å². The van der Waals surface area contributed by atoms with Gasteiger partial charge in [-0.15, -0.1) is 16.9 Å². The Morgan fingerprint density at radius 3 is 3.00 bits per heavy atom. The summed E-state index contributed by atoms with van der Waals surface area (Å²) < 4.78 is 32.5. The Hall–Kier alpha value is -2.76. The Morgan fingerprint density at radius 1 is 1.35 bits per heavy atom. The molecule has 3 N–H and O–H groups in total. The fourth-order valence-corrected chi connectivity index (χ4v) is 5.44. The van der Waals surface area contributed by atoms with Crippen molar-refractivity contribution in [1.29, 1.82) is 0 Å². The van der Waals surface area contributed by atoms with Gasteiger partial charge in [-0.2, -0.15) is 5.10 Å². The van der Waals surface area contributed by atoms with Gasteiger partial charge in [0.25, 0.3) is 0 Å². The average molecular weight is 490 g/mol. The zero-order valence-corrected chi connectivity index (χ0v) is 20.0. The second-order valence-corrected chi connectivity index (χ2v) is 9.39. The Balaban J connectivity index is 1.54. The number of thioether (sulfide) groups is 1. The van der Waals surface area contributed by atoms with Gasteiger partial charge in [-0.05, 0) is 25.3 Å². The van der Waals surface area contributed by atoms with Crippen LogP contribution in [0.15, 0.2) is 57.7 Å². The molecule has 1 aromatic rings. The molecule has 1 aromatic heterocycles. The summed E-state index contributed by atoms with van der Waals surface area (Å²) in [5.74, 6) is 0.0848. The lowest BCUT2D eigenvalue weighted by Crippen LogP contribution is -2.62. The van der Waals surface area contributed by atoms with Crippen molar-refractivity contribution in [3.05, 3.63) is 58.5 Å².